The number of aliphatic hydroxyl groups excluding tert-OH is 1. The van der Waals surface area contributed by atoms with Crippen molar-refractivity contribution in [1.82, 2.24) is 0 Å². The van der Waals surface area contributed by atoms with Crippen molar-refractivity contribution in [3.05, 3.63) is 0 Å². The first kappa shape index (κ1) is 7.60. The molecule has 2 bridgehead atoms. The molecular formula is C10H18O. The quantitative estimate of drug-likeness (QED) is 0.566. The smallest absolute Gasteiger partial charge is 0.0609 e. The Morgan fingerprint density at radius 3 is 2.18 bits per heavy atom. The van der Waals surface area contributed by atoms with E-state index >= 15 is 0 Å². The molecule has 3 rings (SSSR count). The van der Waals surface area contributed by atoms with E-state index in [0.717, 1.165) is 5.92 Å². The number of aliphatic hydroxyl groups is 1. The van der Waals surface area contributed by atoms with Crippen molar-refractivity contribution in [2.45, 2.75) is 39.7 Å². The average molecular weight is 154 g/mol. The molecule has 1 heteroatoms. The molecule has 0 spiro atoms. The zero-order valence-corrected chi connectivity index (χ0v) is 7.67. The lowest BCUT2D eigenvalue weighted by Crippen LogP contribution is -2.62. The van der Waals surface area contributed by atoms with Crippen molar-refractivity contribution < 1.29 is 5.11 Å². The summed E-state index contributed by atoms with van der Waals surface area (Å²) in [6.07, 6.45) is 2.59. The van der Waals surface area contributed by atoms with Crippen LogP contribution in [0, 0.1) is 23.2 Å². The lowest BCUT2D eigenvalue weighted by atomic mass is 9.44. The minimum atomic E-state index is 0.0220. The summed E-state index contributed by atoms with van der Waals surface area (Å²) in [7, 11) is 0. The van der Waals surface area contributed by atoms with Gasteiger partial charge in [-0.2, -0.15) is 0 Å². The topological polar surface area (TPSA) is 20.2 Å². The second kappa shape index (κ2) is 2.01. The SMILES string of the molecule is C[C@@H]1CC[C@H]2[C@H](O)[C@@H]1C2(C)C. The van der Waals surface area contributed by atoms with Gasteiger partial charge >= 0.3 is 0 Å². The molecular weight excluding hydrogens is 136 g/mol. The van der Waals surface area contributed by atoms with Gasteiger partial charge < -0.3 is 5.11 Å². The van der Waals surface area contributed by atoms with E-state index in [2.05, 4.69) is 20.8 Å². The van der Waals surface area contributed by atoms with Gasteiger partial charge in [0.05, 0.1) is 6.10 Å². The first-order valence-corrected chi connectivity index (χ1v) is 4.73. The molecule has 3 aliphatic carbocycles. The third-order valence-corrected chi connectivity index (χ3v) is 4.14. The van der Waals surface area contributed by atoms with E-state index in [9.17, 15) is 5.11 Å². The summed E-state index contributed by atoms with van der Waals surface area (Å²) >= 11 is 0. The molecule has 0 aromatic rings. The first-order chi connectivity index (χ1) is 5.05. The summed E-state index contributed by atoms with van der Waals surface area (Å²) in [4.78, 5) is 0. The summed E-state index contributed by atoms with van der Waals surface area (Å²) in [6, 6.07) is 0. The van der Waals surface area contributed by atoms with Gasteiger partial charge in [-0.1, -0.05) is 20.8 Å². The molecule has 3 saturated carbocycles. The van der Waals surface area contributed by atoms with Gasteiger partial charge in [0, 0.05) is 0 Å². The summed E-state index contributed by atoms with van der Waals surface area (Å²) < 4.78 is 0. The van der Waals surface area contributed by atoms with Gasteiger partial charge in [0.25, 0.3) is 0 Å². The Kier molecular flexibility index (Phi) is 1.39. The van der Waals surface area contributed by atoms with E-state index in [4.69, 9.17) is 0 Å². The van der Waals surface area contributed by atoms with Crippen LogP contribution in [0.4, 0.5) is 0 Å². The highest BCUT2D eigenvalue weighted by Crippen LogP contribution is 2.61. The van der Waals surface area contributed by atoms with Crippen LogP contribution in [0.2, 0.25) is 0 Å². The number of fused-ring (bicyclic) bond motifs is 2. The van der Waals surface area contributed by atoms with Gasteiger partial charge in [0.1, 0.15) is 0 Å². The summed E-state index contributed by atoms with van der Waals surface area (Å²) in [6.45, 7) is 6.90. The Morgan fingerprint density at radius 1 is 1.27 bits per heavy atom. The lowest BCUT2D eigenvalue weighted by molar-refractivity contribution is -0.207. The van der Waals surface area contributed by atoms with Crippen LogP contribution in [-0.2, 0) is 0 Å². The summed E-state index contributed by atoms with van der Waals surface area (Å²) in [5.74, 6) is 1.93. The van der Waals surface area contributed by atoms with Gasteiger partial charge in [-0.25, -0.2) is 0 Å². The Bertz CT molecular complexity index is 170. The number of hydrogen-bond donors (Lipinski definition) is 1. The van der Waals surface area contributed by atoms with Gasteiger partial charge in [-0.05, 0) is 36.0 Å². The largest absolute Gasteiger partial charge is 0.392 e. The maximum Gasteiger partial charge on any atom is 0.0609 e. The predicted octanol–water partition coefficient (Wildman–Crippen LogP) is 2.05. The van der Waals surface area contributed by atoms with Crippen molar-refractivity contribution in [2.24, 2.45) is 23.2 Å². The maximum atomic E-state index is 9.73. The third kappa shape index (κ3) is 0.752. The van der Waals surface area contributed by atoms with E-state index in [1.807, 2.05) is 0 Å². The van der Waals surface area contributed by atoms with Crippen molar-refractivity contribution in [1.29, 1.82) is 0 Å². The van der Waals surface area contributed by atoms with E-state index in [1.165, 1.54) is 12.8 Å². The molecule has 1 N–H and O–H groups in total. The van der Waals surface area contributed by atoms with E-state index < -0.39 is 0 Å². The van der Waals surface area contributed by atoms with Crippen LogP contribution in [0.15, 0.2) is 0 Å². The monoisotopic (exact) mass is 154 g/mol. The zero-order valence-electron chi connectivity index (χ0n) is 7.67. The van der Waals surface area contributed by atoms with E-state index in [-0.39, 0.29) is 6.10 Å². The predicted molar refractivity (Wildman–Crippen MR) is 45.2 cm³/mol. The molecule has 0 saturated heterocycles. The number of hydrogen-bond acceptors (Lipinski definition) is 1. The molecule has 0 aromatic carbocycles. The third-order valence-electron chi connectivity index (χ3n) is 4.14. The van der Waals surface area contributed by atoms with Gasteiger partial charge in [0.15, 0.2) is 0 Å². The molecule has 64 valence electrons. The Morgan fingerprint density at radius 2 is 1.91 bits per heavy atom. The van der Waals surface area contributed by atoms with Gasteiger partial charge in [-0.3, -0.25) is 0 Å². The molecule has 0 aromatic heterocycles. The molecule has 11 heavy (non-hydrogen) atoms. The Hall–Kier alpha value is -0.0400. The maximum absolute atomic E-state index is 9.73. The van der Waals surface area contributed by atoms with Crippen LogP contribution in [0.25, 0.3) is 0 Å². The highest BCUT2D eigenvalue weighted by molar-refractivity contribution is 5.08. The molecule has 3 aliphatic rings. The summed E-state index contributed by atoms with van der Waals surface area (Å²) in [5.41, 5.74) is 0.428. The zero-order chi connectivity index (χ0) is 8.22. The molecule has 4 atom stereocenters. The van der Waals surface area contributed by atoms with Crippen molar-refractivity contribution in [3.8, 4) is 0 Å². The molecule has 1 nitrogen and oxygen atoms in total. The lowest BCUT2D eigenvalue weighted by Gasteiger charge is -2.62. The van der Waals surface area contributed by atoms with Crippen LogP contribution in [0.5, 0.6) is 0 Å². The fourth-order valence-electron chi connectivity index (χ4n) is 3.49. The molecule has 0 heterocycles. The first-order valence-electron chi connectivity index (χ1n) is 4.73. The molecule has 0 aliphatic heterocycles. The fraction of sp³-hybridized carbons (Fsp3) is 1.00. The molecule has 0 radical (unpaired) electrons. The minimum Gasteiger partial charge on any atom is -0.392 e. The number of rotatable bonds is 0. The van der Waals surface area contributed by atoms with Crippen LogP contribution in [-0.4, -0.2) is 11.2 Å². The highest BCUT2D eigenvalue weighted by Gasteiger charge is 2.59. The molecule has 3 fully saturated rings. The molecule has 0 unspecified atom stereocenters. The second-order valence-electron chi connectivity index (χ2n) is 5.00. The van der Waals surface area contributed by atoms with Crippen LogP contribution in [0.3, 0.4) is 0 Å². The highest BCUT2D eigenvalue weighted by atomic mass is 16.3. The van der Waals surface area contributed by atoms with Crippen molar-refractivity contribution >= 4 is 0 Å². The summed E-state index contributed by atoms with van der Waals surface area (Å²) in [5, 5.41) is 9.73. The fourth-order valence-corrected chi connectivity index (χ4v) is 3.49. The van der Waals surface area contributed by atoms with Crippen LogP contribution >= 0.6 is 0 Å². The van der Waals surface area contributed by atoms with Crippen LogP contribution in [0.1, 0.15) is 33.6 Å². The van der Waals surface area contributed by atoms with E-state index in [1.54, 1.807) is 0 Å². The van der Waals surface area contributed by atoms with Crippen molar-refractivity contribution in [2.75, 3.05) is 0 Å². The Balaban J connectivity index is 2.21. The van der Waals surface area contributed by atoms with Crippen molar-refractivity contribution in [3.63, 3.8) is 0 Å². The average Bonchev–Trinajstić information content (AvgIpc) is 1.85. The van der Waals surface area contributed by atoms with Gasteiger partial charge in [0.2, 0.25) is 0 Å². The van der Waals surface area contributed by atoms with Gasteiger partial charge in [-0.15, -0.1) is 0 Å². The molecule has 0 amide bonds. The van der Waals surface area contributed by atoms with Crippen LogP contribution < -0.4 is 0 Å². The standard InChI is InChI=1S/C10H18O/c1-6-4-5-7-9(11)8(6)10(7,2)3/h6-9,11H,4-5H2,1-3H3/t6-,7+,8-,9+/m1/s1. The normalized spacial score (nSPS) is 53.5. The Labute approximate surface area is 68.8 Å². The second-order valence-corrected chi connectivity index (χ2v) is 5.00. The minimum absolute atomic E-state index is 0.0220. The van der Waals surface area contributed by atoms with E-state index in [0.29, 0.717) is 17.3 Å².